The number of likely N-dealkylation sites (tertiary alicyclic amines) is 1. The molecule has 0 saturated carbocycles. The number of nitrogens with zero attached hydrogens (tertiary/aromatic N) is 2. The van der Waals surface area contributed by atoms with E-state index in [1.165, 1.54) is 10.4 Å². The molecule has 0 unspecified atom stereocenters. The summed E-state index contributed by atoms with van der Waals surface area (Å²) < 4.78 is 5.07. The third kappa shape index (κ3) is 3.93. The molecular formula is C17H24N2O3S. The van der Waals surface area contributed by atoms with E-state index in [1.807, 2.05) is 23.2 Å². The summed E-state index contributed by atoms with van der Waals surface area (Å²) in [5.41, 5.74) is 1.37. The molecule has 0 aliphatic carbocycles. The Labute approximate surface area is 141 Å². The third-order valence-electron chi connectivity index (χ3n) is 4.71. The number of carbonyl (C=O) groups is 2. The van der Waals surface area contributed by atoms with E-state index in [0.29, 0.717) is 26.2 Å². The normalized spacial score (nSPS) is 19.4. The molecule has 1 amide bonds. The zero-order valence-electron chi connectivity index (χ0n) is 13.6. The van der Waals surface area contributed by atoms with Crippen LogP contribution in [0.25, 0.3) is 0 Å². The van der Waals surface area contributed by atoms with Crippen molar-refractivity contribution >= 4 is 23.2 Å². The maximum absolute atomic E-state index is 12.5. The molecule has 0 atom stereocenters. The summed E-state index contributed by atoms with van der Waals surface area (Å²) in [4.78, 5) is 29.8. The van der Waals surface area contributed by atoms with E-state index >= 15 is 0 Å². The van der Waals surface area contributed by atoms with Crippen LogP contribution in [0.1, 0.15) is 30.2 Å². The fourth-order valence-electron chi connectivity index (χ4n) is 3.36. The van der Waals surface area contributed by atoms with Gasteiger partial charge in [-0.05, 0) is 43.2 Å². The van der Waals surface area contributed by atoms with Crippen LogP contribution in [0.2, 0.25) is 0 Å². The molecule has 2 aliphatic rings. The number of carbonyl (C=O) groups excluding carboxylic acids is 2. The number of amides is 1. The Bertz CT molecular complexity index is 564. The maximum Gasteiger partial charge on any atom is 0.309 e. The lowest BCUT2D eigenvalue weighted by molar-refractivity contribution is -0.151. The van der Waals surface area contributed by atoms with Crippen LogP contribution < -0.4 is 0 Å². The zero-order valence-corrected chi connectivity index (χ0v) is 14.4. The van der Waals surface area contributed by atoms with Gasteiger partial charge in [-0.25, -0.2) is 0 Å². The van der Waals surface area contributed by atoms with Gasteiger partial charge in [-0.2, -0.15) is 0 Å². The quantitative estimate of drug-likeness (QED) is 0.788. The number of fused-ring (bicyclic) bond motifs is 1. The molecular weight excluding hydrogens is 312 g/mol. The summed E-state index contributed by atoms with van der Waals surface area (Å²) in [5.74, 6) is 0.0361. The average molecular weight is 336 g/mol. The first kappa shape index (κ1) is 16.5. The van der Waals surface area contributed by atoms with Crippen LogP contribution in [-0.2, 0) is 27.3 Å². The highest BCUT2D eigenvalue weighted by Crippen LogP contribution is 2.24. The minimum absolute atomic E-state index is 0.0395. The van der Waals surface area contributed by atoms with Crippen molar-refractivity contribution in [3.8, 4) is 0 Å². The Kier molecular flexibility index (Phi) is 5.33. The van der Waals surface area contributed by atoms with Gasteiger partial charge in [-0.3, -0.25) is 14.5 Å². The van der Waals surface area contributed by atoms with Crippen molar-refractivity contribution in [2.24, 2.45) is 5.92 Å². The standard InChI is InChI=1S/C17H24N2O3S/c1-2-22-17(21)13-3-8-19(9-4-13)16(20)12-18-7-5-15-14(11-18)6-10-23-15/h6,10,13H,2-5,7-9,11-12H2,1H3. The van der Waals surface area contributed by atoms with Crippen LogP contribution in [0, 0.1) is 5.92 Å². The number of piperidine rings is 1. The van der Waals surface area contributed by atoms with Crippen LogP contribution in [0.4, 0.5) is 0 Å². The second kappa shape index (κ2) is 7.45. The summed E-state index contributed by atoms with van der Waals surface area (Å²) in [7, 11) is 0. The first-order chi connectivity index (χ1) is 11.2. The molecule has 6 heteroatoms. The first-order valence-electron chi connectivity index (χ1n) is 8.39. The molecule has 1 aromatic rings. The molecule has 1 saturated heterocycles. The number of esters is 1. The first-order valence-corrected chi connectivity index (χ1v) is 9.27. The largest absolute Gasteiger partial charge is 0.466 e. The van der Waals surface area contributed by atoms with Gasteiger partial charge in [0, 0.05) is 31.1 Å². The topological polar surface area (TPSA) is 49.9 Å². The van der Waals surface area contributed by atoms with Crippen LogP contribution in [-0.4, -0.2) is 54.5 Å². The van der Waals surface area contributed by atoms with Crippen molar-refractivity contribution in [2.45, 2.75) is 32.7 Å². The predicted octanol–water partition coefficient (Wildman–Crippen LogP) is 1.91. The highest BCUT2D eigenvalue weighted by molar-refractivity contribution is 7.10. The Morgan fingerprint density at radius 2 is 2.09 bits per heavy atom. The summed E-state index contributed by atoms with van der Waals surface area (Å²) in [6.45, 7) is 5.91. The van der Waals surface area contributed by atoms with Gasteiger partial charge >= 0.3 is 5.97 Å². The number of hydrogen-bond donors (Lipinski definition) is 0. The van der Waals surface area contributed by atoms with Gasteiger partial charge in [-0.15, -0.1) is 11.3 Å². The van der Waals surface area contributed by atoms with E-state index < -0.39 is 0 Å². The van der Waals surface area contributed by atoms with Crippen molar-refractivity contribution in [3.63, 3.8) is 0 Å². The molecule has 3 rings (SSSR count). The molecule has 1 aromatic heterocycles. The second-order valence-electron chi connectivity index (χ2n) is 6.24. The Hall–Kier alpha value is -1.40. The molecule has 23 heavy (non-hydrogen) atoms. The summed E-state index contributed by atoms with van der Waals surface area (Å²) >= 11 is 1.82. The SMILES string of the molecule is CCOC(=O)C1CCN(C(=O)CN2CCc3sccc3C2)CC1. The van der Waals surface area contributed by atoms with E-state index in [-0.39, 0.29) is 17.8 Å². The molecule has 3 heterocycles. The molecule has 1 fully saturated rings. The van der Waals surface area contributed by atoms with Crippen molar-refractivity contribution in [1.29, 1.82) is 0 Å². The van der Waals surface area contributed by atoms with Gasteiger partial charge in [0.05, 0.1) is 19.1 Å². The van der Waals surface area contributed by atoms with E-state index in [9.17, 15) is 9.59 Å². The molecule has 0 radical (unpaired) electrons. The van der Waals surface area contributed by atoms with Crippen molar-refractivity contribution in [2.75, 3.05) is 32.8 Å². The van der Waals surface area contributed by atoms with Crippen LogP contribution in [0.3, 0.4) is 0 Å². The maximum atomic E-state index is 12.5. The van der Waals surface area contributed by atoms with Gasteiger partial charge in [0.1, 0.15) is 0 Å². The van der Waals surface area contributed by atoms with E-state index in [1.54, 1.807) is 0 Å². The summed E-state index contributed by atoms with van der Waals surface area (Å²) in [6.07, 6.45) is 2.49. The van der Waals surface area contributed by atoms with E-state index in [4.69, 9.17) is 4.74 Å². The summed E-state index contributed by atoms with van der Waals surface area (Å²) in [6, 6.07) is 2.17. The molecule has 0 bridgehead atoms. The lowest BCUT2D eigenvalue weighted by atomic mass is 9.97. The van der Waals surface area contributed by atoms with E-state index in [0.717, 1.165) is 32.4 Å². The van der Waals surface area contributed by atoms with Gasteiger partial charge in [0.2, 0.25) is 5.91 Å². The molecule has 0 N–H and O–H groups in total. The van der Waals surface area contributed by atoms with E-state index in [2.05, 4.69) is 16.3 Å². The van der Waals surface area contributed by atoms with Gasteiger partial charge in [-0.1, -0.05) is 0 Å². The van der Waals surface area contributed by atoms with Crippen molar-refractivity contribution < 1.29 is 14.3 Å². The third-order valence-corrected chi connectivity index (χ3v) is 5.74. The molecule has 0 aromatic carbocycles. The van der Waals surface area contributed by atoms with Crippen LogP contribution in [0.15, 0.2) is 11.4 Å². The minimum Gasteiger partial charge on any atom is -0.466 e. The number of ether oxygens (including phenoxy) is 1. The fraction of sp³-hybridized carbons (Fsp3) is 0.647. The number of thiophene rings is 1. The highest BCUT2D eigenvalue weighted by Gasteiger charge is 2.29. The predicted molar refractivity (Wildman–Crippen MR) is 89.2 cm³/mol. The lowest BCUT2D eigenvalue weighted by Gasteiger charge is -2.33. The lowest BCUT2D eigenvalue weighted by Crippen LogP contribution is -2.46. The highest BCUT2D eigenvalue weighted by atomic mass is 32.1. The second-order valence-corrected chi connectivity index (χ2v) is 7.24. The zero-order chi connectivity index (χ0) is 16.2. The molecule has 5 nitrogen and oxygen atoms in total. The van der Waals surface area contributed by atoms with Crippen LogP contribution >= 0.6 is 11.3 Å². The molecule has 0 spiro atoms. The Balaban J connectivity index is 1.46. The van der Waals surface area contributed by atoms with Gasteiger partial charge in [0.15, 0.2) is 0 Å². The smallest absolute Gasteiger partial charge is 0.309 e. The monoisotopic (exact) mass is 336 g/mol. The minimum atomic E-state index is -0.111. The molecule has 126 valence electrons. The van der Waals surface area contributed by atoms with Crippen molar-refractivity contribution in [3.05, 3.63) is 21.9 Å². The van der Waals surface area contributed by atoms with Gasteiger partial charge < -0.3 is 9.64 Å². The Morgan fingerprint density at radius 3 is 2.83 bits per heavy atom. The van der Waals surface area contributed by atoms with Crippen molar-refractivity contribution in [1.82, 2.24) is 9.80 Å². The van der Waals surface area contributed by atoms with Gasteiger partial charge in [0.25, 0.3) is 0 Å². The fourth-order valence-corrected chi connectivity index (χ4v) is 4.25. The van der Waals surface area contributed by atoms with Crippen LogP contribution in [0.5, 0.6) is 0 Å². The molecule has 2 aliphatic heterocycles. The average Bonchev–Trinajstić information content (AvgIpc) is 3.03. The Morgan fingerprint density at radius 1 is 1.30 bits per heavy atom. The number of hydrogen-bond acceptors (Lipinski definition) is 5. The summed E-state index contributed by atoms with van der Waals surface area (Å²) in [5, 5.41) is 2.14. The number of rotatable bonds is 4.